The van der Waals surface area contributed by atoms with Gasteiger partial charge in [0.1, 0.15) is 12.1 Å². The summed E-state index contributed by atoms with van der Waals surface area (Å²) < 4.78 is 14.0. The number of nitrogens with zero attached hydrogens (tertiary/aromatic N) is 4. The van der Waals surface area contributed by atoms with Gasteiger partial charge in [-0.05, 0) is 22.6 Å². The monoisotopic (exact) mass is 208 g/mol. The van der Waals surface area contributed by atoms with E-state index in [9.17, 15) is 9.18 Å². The molecule has 0 saturated carbocycles. The number of benzene rings is 1. The first kappa shape index (κ1) is 9.25. The van der Waals surface area contributed by atoms with E-state index in [-0.39, 0.29) is 11.3 Å². The number of carbonyl (C=O) groups is 1. The smallest absolute Gasteiger partial charge is 0.337 e. The van der Waals surface area contributed by atoms with Crippen molar-refractivity contribution in [2.45, 2.75) is 0 Å². The second-order valence-corrected chi connectivity index (χ2v) is 2.72. The number of aromatic nitrogens is 4. The van der Waals surface area contributed by atoms with E-state index < -0.39 is 11.8 Å². The quantitative estimate of drug-likeness (QED) is 0.777. The van der Waals surface area contributed by atoms with Crippen LogP contribution in [0.15, 0.2) is 24.5 Å². The van der Waals surface area contributed by atoms with Gasteiger partial charge < -0.3 is 5.11 Å². The van der Waals surface area contributed by atoms with E-state index in [0.717, 1.165) is 22.9 Å². The molecule has 0 bridgehead atoms. The maximum atomic E-state index is 12.9. The first-order chi connectivity index (χ1) is 7.18. The zero-order valence-corrected chi connectivity index (χ0v) is 7.33. The van der Waals surface area contributed by atoms with Crippen molar-refractivity contribution in [3.8, 4) is 5.69 Å². The Kier molecular flexibility index (Phi) is 2.13. The normalized spacial score (nSPS) is 10.2. The summed E-state index contributed by atoms with van der Waals surface area (Å²) in [6.45, 7) is 0. The Hall–Kier alpha value is -2.31. The van der Waals surface area contributed by atoms with Crippen LogP contribution < -0.4 is 0 Å². The third-order valence-electron chi connectivity index (χ3n) is 1.79. The van der Waals surface area contributed by atoms with Crippen molar-refractivity contribution in [2.24, 2.45) is 0 Å². The van der Waals surface area contributed by atoms with Crippen molar-refractivity contribution in [1.82, 2.24) is 20.2 Å². The van der Waals surface area contributed by atoms with Gasteiger partial charge in [-0.25, -0.2) is 9.18 Å². The Labute approximate surface area is 83.0 Å². The topological polar surface area (TPSA) is 80.9 Å². The molecule has 0 aliphatic heterocycles. The Bertz CT molecular complexity index is 497. The largest absolute Gasteiger partial charge is 0.478 e. The minimum atomic E-state index is -1.17. The number of carboxylic acids is 1. The number of carboxylic acid groups (broad SMARTS) is 1. The lowest BCUT2D eigenvalue weighted by atomic mass is 10.2. The van der Waals surface area contributed by atoms with Gasteiger partial charge in [-0.2, -0.15) is 4.68 Å². The molecule has 0 radical (unpaired) electrons. The van der Waals surface area contributed by atoms with Crippen molar-refractivity contribution in [1.29, 1.82) is 0 Å². The summed E-state index contributed by atoms with van der Waals surface area (Å²) in [5, 5.41) is 19.0. The molecule has 0 aliphatic carbocycles. The molecule has 1 N–H and O–H groups in total. The molecule has 76 valence electrons. The summed E-state index contributed by atoms with van der Waals surface area (Å²) >= 11 is 0. The summed E-state index contributed by atoms with van der Waals surface area (Å²) in [7, 11) is 0. The van der Waals surface area contributed by atoms with E-state index >= 15 is 0 Å². The summed E-state index contributed by atoms with van der Waals surface area (Å²) in [5.41, 5.74) is 0.0243. The van der Waals surface area contributed by atoms with E-state index in [0.29, 0.717) is 0 Å². The number of tetrazole rings is 1. The van der Waals surface area contributed by atoms with Crippen LogP contribution in [0.4, 0.5) is 4.39 Å². The molecule has 1 aromatic heterocycles. The number of hydrogen-bond acceptors (Lipinski definition) is 4. The van der Waals surface area contributed by atoms with Crippen LogP contribution in [0.2, 0.25) is 0 Å². The highest BCUT2D eigenvalue weighted by Crippen LogP contribution is 2.14. The molecular formula is C8H5FN4O2. The first-order valence-corrected chi connectivity index (χ1v) is 3.94. The molecule has 6 nitrogen and oxygen atoms in total. The maximum Gasteiger partial charge on any atom is 0.337 e. The Morgan fingerprint density at radius 3 is 2.87 bits per heavy atom. The summed E-state index contributed by atoms with van der Waals surface area (Å²) in [4.78, 5) is 10.8. The first-order valence-electron chi connectivity index (χ1n) is 3.94. The second-order valence-electron chi connectivity index (χ2n) is 2.72. The van der Waals surface area contributed by atoms with Crippen LogP contribution in [0.3, 0.4) is 0 Å². The molecule has 0 atom stereocenters. The van der Waals surface area contributed by atoms with Crippen LogP contribution in [0.25, 0.3) is 5.69 Å². The molecule has 2 aromatic rings. The molecule has 0 fully saturated rings. The van der Waals surface area contributed by atoms with Crippen LogP contribution >= 0.6 is 0 Å². The molecule has 0 unspecified atom stereocenters. The highest BCUT2D eigenvalue weighted by molar-refractivity contribution is 5.91. The van der Waals surface area contributed by atoms with Crippen molar-refractivity contribution >= 4 is 5.97 Å². The number of aromatic carboxylic acids is 1. The third kappa shape index (κ3) is 1.66. The molecule has 1 aromatic carbocycles. The molecular weight excluding hydrogens is 203 g/mol. The molecule has 0 aliphatic rings. The number of hydrogen-bond donors (Lipinski definition) is 1. The van der Waals surface area contributed by atoms with E-state index in [4.69, 9.17) is 5.11 Å². The molecule has 1 heterocycles. The van der Waals surface area contributed by atoms with Crippen LogP contribution in [-0.2, 0) is 0 Å². The highest BCUT2D eigenvalue weighted by Gasteiger charge is 2.13. The van der Waals surface area contributed by atoms with Crippen molar-refractivity contribution in [3.63, 3.8) is 0 Å². The lowest BCUT2D eigenvalue weighted by Gasteiger charge is -2.03. The van der Waals surface area contributed by atoms with Crippen molar-refractivity contribution in [2.75, 3.05) is 0 Å². The van der Waals surface area contributed by atoms with E-state index in [1.165, 1.54) is 6.33 Å². The minimum Gasteiger partial charge on any atom is -0.478 e. The standard InChI is InChI=1S/C8H5FN4O2/c9-5-1-2-6(8(14)15)7(3-5)13-4-10-11-12-13/h1-4H,(H,14,15). The zero-order valence-electron chi connectivity index (χ0n) is 7.33. The third-order valence-corrected chi connectivity index (χ3v) is 1.79. The maximum absolute atomic E-state index is 12.9. The number of halogens is 1. The summed E-state index contributed by atoms with van der Waals surface area (Å²) in [5.74, 6) is -1.72. The van der Waals surface area contributed by atoms with Gasteiger partial charge in [0.05, 0.1) is 11.3 Å². The van der Waals surface area contributed by atoms with Crippen LogP contribution in [0, 0.1) is 5.82 Å². The lowest BCUT2D eigenvalue weighted by molar-refractivity contribution is 0.0696. The van der Waals surface area contributed by atoms with Gasteiger partial charge in [0.25, 0.3) is 0 Å². The predicted octanol–water partition coefficient (Wildman–Crippen LogP) is 0.500. The van der Waals surface area contributed by atoms with Crippen molar-refractivity contribution in [3.05, 3.63) is 35.9 Å². The molecule has 0 saturated heterocycles. The molecule has 7 heteroatoms. The molecule has 0 amide bonds. The average Bonchev–Trinajstić information content (AvgIpc) is 2.69. The van der Waals surface area contributed by atoms with Gasteiger partial charge in [-0.15, -0.1) is 5.10 Å². The Balaban J connectivity index is 2.63. The fourth-order valence-corrected chi connectivity index (χ4v) is 1.15. The number of rotatable bonds is 2. The van der Waals surface area contributed by atoms with Gasteiger partial charge in [0.2, 0.25) is 0 Å². The Morgan fingerprint density at radius 2 is 2.27 bits per heavy atom. The molecule has 0 spiro atoms. The van der Waals surface area contributed by atoms with Gasteiger partial charge in [0, 0.05) is 6.07 Å². The van der Waals surface area contributed by atoms with Crippen LogP contribution in [-0.4, -0.2) is 31.3 Å². The summed E-state index contributed by atoms with van der Waals surface area (Å²) in [6, 6.07) is 3.28. The average molecular weight is 208 g/mol. The second kappa shape index (κ2) is 3.45. The van der Waals surface area contributed by atoms with E-state index in [1.807, 2.05) is 0 Å². The van der Waals surface area contributed by atoms with Gasteiger partial charge in [-0.3, -0.25) is 0 Å². The SMILES string of the molecule is O=C(O)c1ccc(F)cc1-n1cnnn1. The lowest BCUT2D eigenvalue weighted by Crippen LogP contribution is -2.06. The van der Waals surface area contributed by atoms with Crippen molar-refractivity contribution < 1.29 is 14.3 Å². The fourth-order valence-electron chi connectivity index (χ4n) is 1.15. The van der Waals surface area contributed by atoms with Crippen LogP contribution in [0.1, 0.15) is 10.4 Å². The zero-order chi connectivity index (χ0) is 10.8. The van der Waals surface area contributed by atoms with Crippen LogP contribution in [0.5, 0.6) is 0 Å². The van der Waals surface area contributed by atoms with E-state index in [1.54, 1.807) is 0 Å². The Morgan fingerprint density at radius 1 is 1.47 bits per heavy atom. The van der Waals surface area contributed by atoms with Gasteiger partial charge in [0.15, 0.2) is 0 Å². The van der Waals surface area contributed by atoms with Gasteiger partial charge >= 0.3 is 5.97 Å². The van der Waals surface area contributed by atoms with E-state index in [2.05, 4.69) is 15.5 Å². The summed E-state index contributed by atoms with van der Waals surface area (Å²) in [6.07, 6.45) is 1.20. The fraction of sp³-hybridized carbons (Fsp3) is 0. The minimum absolute atomic E-state index is 0.0660. The highest BCUT2D eigenvalue weighted by atomic mass is 19.1. The van der Waals surface area contributed by atoms with Gasteiger partial charge in [-0.1, -0.05) is 0 Å². The molecule has 2 rings (SSSR count). The predicted molar refractivity (Wildman–Crippen MR) is 46.1 cm³/mol. The molecule has 15 heavy (non-hydrogen) atoms.